The van der Waals surface area contributed by atoms with Crippen molar-refractivity contribution >= 4 is 5.91 Å². The zero-order valence-corrected chi connectivity index (χ0v) is 13.4. The highest BCUT2D eigenvalue weighted by atomic mass is 19.1. The van der Waals surface area contributed by atoms with Crippen LogP contribution in [0.5, 0.6) is 5.75 Å². The summed E-state index contributed by atoms with van der Waals surface area (Å²) >= 11 is 0. The molecule has 1 aliphatic carbocycles. The molecule has 0 radical (unpaired) electrons. The van der Waals surface area contributed by atoms with E-state index in [9.17, 15) is 13.6 Å². The van der Waals surface area contributed by atoms with E-state index >= 15 is 0 Å². The maximum atomic E-state index is 13.5. The molecule has 126 valence electrons. The minimum atomic E-state index is -0.495. The van der Waals surface area contributed by atoms with Crippen LogP contribution in [0.3, 0.4) is 0 Å². The van der Waals surface area contributed by atoms with Crippen molar-refractivity contribution in [2.24, 2.45) is 0 Å². The van der Waals surface area contributed by atoms with Crippen LogP contribution in [0.4, 0.5) is 8.78 Å². The first kappa shape index (κ1) is 16.4. The molecule has 0 aromatic heterocycles. The summed E-state index contributed by atoms with van der Waals surface area (Å²) in [4.78, 5) is 12.0. The Labute approximate surface area is 139 Å². The van der Waals surface area contributed by atoms with Gasteiger partial charge >= 0.3 is 0 Å². The van der Waals surface area contributed by atoms with E-state index in [1.807, 2.05) is 24.3 Å². The van der Waals surface area contributed by atoms with Gasteiger partial charge in [-0.25, -0.2) is 8.78 Å². The van der Waals surface area contributed by atoms with Crippen molar-refractivity contribution in [2.45, 2.75) is 31.2 Å². The van der Waals surface area contributed by atoms with Crippen LogP contribution in [0.15, 0.2) is 42.5 Å². The first-order valence-electron chi connectivity index (χ1n) is 7.94. The predicted molar refractivity (Wildman–Crippen MR) is 87.0 cm³/mol. The monoisotopic (exact) mass is 331 g/mol. The largest absolute Gasteiger partial charge is 0.496 e. The summed E-state index contributed by atoms with van der Waals surface area (Å²) in [7, 11) is 1.63. The number of aryl methyl sites for hydroxylation is 1. The minimum Gasteiger partial charge on any atom is -0.496 e. The number of amides is 1. The van der Waals surface area contributed by atoms with Gasteiger partial charge in [0.1, 0.15) is 17.4 Å². The van der Waals surface area contributed by atoms with Gasteiger partial charge < -0.3 is 10.1 Å². The SMILES string of the molecule is COc1ccccc1[C@@H]1C[C@H]1NC(=O)CCc1cc(F)ccc1F. The minimum absolute atomic E-state index is 0.0751. The third-order valence-electron chi connectivity index (χ3n) is 4.30. The van der Waals surface area contributed by atoms with Crippen LogP contribution in [-0.4, -0.2) is 19.1 Å². The molecular weight excluding hydrogens is 312 g/mol. The summed E-state index contributed by atoms with van der Waals surface area (Å²) in [5.74, 6) is -0.0640. The number of hydrogen-bond donors (Lipinski definition) is 1. The van der Waals surface area contributed by atoms with E-state index in [1.165, 1.54) is 0 Å². The van der Waals surface area contributed by atoms with Crippen LogP contribution < -0.4 is 10.1 Å². The van der Waals surface area contributed by atoms with E-state index in [0.717, 1.165) is 35.9 Å². The van der Waals surface area contributed by atoms with Gasteiger partial charge in [-0.3, -0.25) is 4.79 Å². The Kier molecular flexibility index (Phi) is 4.79. The molecule has 1 aliphatic rings. The number of para-hydroxylation sites is 1. The number of hydrogen-bond acceptors (Lipinski definition) is 2. The maximum absolute atomic E-state index is 13.5. The summed E-state index contributed by atoms with van der Waals surface area (Å²) in [5.41, 5.74) is 1.31. The van der Waals surface area contributed by atoms with Gasteiger partial charge in [-0.15, -0.1) is 0 Å². The van der Waals surface area contributed by atoms with Crippen LogP contribution >= 0.6 is 0 Å². The summed E-state index contributed by atoms with van der Waals surface area (Å²) < 4.78 is 32.0. The Balaban J connectivity index is 1.53. The molecule has 0 aliphatic heterocycles. The number of methoxy groups -OCH3 is 1. The van der Waals surface area contributed by atoms with E-state index in [-0.39, 0.29) is 36.3 Å². The first-order chi connectivity index (χ1) is 11.6. The quantitative estimate of drug-likeness (QED) is 0.879. The number of rotatable bonds is 6. The van der Waals surface area contributed by atoms with Crippen LogP contribution in [0.2, 0.25) is 0 Å². The molecule has 5 heteroatoms. The highest BCUT2D eigenvalue weighted by Crippen LogP contribution is 2.44. The molecule has 0 saturated heterocycles. The number of carbonyl (C=O) groups is 1. The van der Waals surface area contributed by atoms with Crippen molar-refractivity contribution in [2.75, 3.05) is 7.11 Å². The molecule has 0 heterocycles. The number of halogens is 2. The molecular formula is C19H19F2NO2. The molecule has 1 N–H and O–H groups in total. The zero-order chi connectivity index (χ0) is 17.1. The topological polar surface area (TPSA) is 38.3 Å². The van der Waals surface area contributed by atoms with Crippen molar-refractivity contribution in [3.05, 3.63) is 65.2 Å². The van der Waals surface area contributed by atoms with Crippen molar-refractivity contribution in [3.8, 4) is 5.75 Å². The number of carbonyl (C=O) groups excluding carboxylic acids is 1. The highest BCUT2D eigenvalue weighted by Gasteiger charge is 2.40. The lowest BCUT2D eigenvalue weighted by molar-refractivity contribution is -0.121. The second-order valence-corrected chi connectivity index (χ2v) is 5.99. The van der Waals surface area contributed by atoms with Crippen molar-refractivity contribution in [1.29, 1.82) is 0 Å². The molecule has 0 spiro atoms. The fourth-order valence-electron chi connectivity index (χ4n) is 2.93. The molecule has 1 fully saturated rings. The number of benzene rings is 2. The Bertz CT molecular complexity index is 748. The van der Waals surface area contributed by atoms with Gasteiger partial charge in [0.2, 0.25) is 5.91 Å². The molecule has 3 rings (SSSR count). The van der Waals surface area contributed by atoms with Gasteiger partial charge in [0.15, 0.2) is 0 Å². The van der Waals surface area contributed by atoms with Gasteiger partial charge in [-0.2, -0.15) is 0 Å². The van der Waals surface area contributed by atoms with Crippen LogP contribution in [0.1, 0.15) is 29.9 Å². The molecule has 1 saturated carbocycles. The predicted octanol–water partition coefficient (Wildman–Crippen LogP) is 3.58. The van der Waals surface area contributed by atoms with Crippen molar-refractivity contribution in [3.63, 3.8) is 0 Å². The van der Waals surface area contributed by atoms with E-state index in [2.05, 4.69) is 5.32 Å². The normalized spacial score (nSPS) is 19.0. The lowest BCUT2D eigenvalue weighted by atomic mass is 10.1. The smallest absolute Gasteiger partial charge is 0.220 e. The molecule has 24 heavy (non-hydrogen) atoms. The van der Waals surface area contributed by atoms with E-state index < -0.39 is 11.6 Å². The molecule has 2 atom stereocenters. The molecule has 3 nitrogen and oxygen atoms in total. The van der Waals surface area contributed by atoms with Crippen molar-refractivity contribution in [1.82, 2.24) is 5.32 Å². The average molecular weight is 331 g/mol. The summed E-state index contributed by atoms with van der Waals surface area (Å²) in [5, 5.41) is 2.95. The third kappa shape index (κ3) is 3.72. The fraction of sp³-hybridized carbons (Fsp3) is 0.316. The fourth-order valence-corrected chi connectivity index (χ4v) is 2.93. The standard InChI is InChI=1S/C19H19F2NO2/c1-24-18-5-3-2-4-14(18)15-11-17(15)22-19(23)9-6-12-10-13(20)7-8-16(12)21/h2-5,7-8,10,15,17H,6,9,11H2,1H3,(H,22,23)/t15-,17+/m0/s1. The Morgan fingerprint density at radius 2 is 2.04 bits per heavy atom. The molecule has 2 aromatic rings. The first-order valence-corrected chi connectivity index (χ1v) is 7.94. The lowest BCUT2D eigenvalue weighted by Crippen LogP contribution is -2.26. The van der Waals surface area contributed by atoms with Gasteiger partial charge in [0, 0.05) is 18.4 Å². The maximum Gasteiger partial charge on any atom is 0.220 e. The number of ether oxygens (including phenoxy) is 1. The zero-order valence-electron chi connectivity index (χ0n) is 13.4. The average Bonchev–Trinajstić information content (AvgIpc) is 3.34. The van der Waals surface area contributed by atoms with E-state index in [1.54, 1.807) is 7.11 Å². The second kappa shape index (κ2) is 6.99. The van der Waals surface area contributed by atoms with Crippen LogP contribution in [0.25, 0.3) is 0 Å². The summed E-state index contributed by atoms with van der Waals surface area (Å²) in [6, 6.07) is 11.1. The van der Waals surface area contributed by atoms with Gasteiger partial charge in [-0.1, -0.05) is 18.2 Å². The Morgan fingerprint density at radius 3 is 2.83 bits per heavy atom. The molecule has 0 unspecified atom stereocenters. The van der Waals surface area contributed by atoms with Crippen LogP contribution in [0, 0.1) is 11.6 Å². The summed E-state index contributed by atoms with van der Waals surface area (Å²) in [6.45, 7) is 0. The molecule has 1 amide bonds. The van der Waals surface area contributed by atoms with Gasteiger partial charge in [0.25, 0.3) is 0 Å². The van der Waals surface area contributed by atoms with Gasteiger partial charge in [0.05, 0.1) is 7.11 Å². The highest BCUT2D eigenvalue weighted by molar-refractivity contribution is 5.77. The molecule has 0 bridgehead atoms. The molecule has 2 aromatic carbocycles. The van der Waals surface area contributed by atoms with Gasteiger partial charge in [-0.05, 0) is 48.2 Å². The van der Waals surface area contributed by atoms with Crippen LogP contribution in [-0.2, 0) is 11.2 Å². The number of nitrogens with one attached hydrogen (secondary N) is 1. The lowest BCUT2D eigenvalue weighted by Gasteiger charge is -2.09. The van der Waals surface area contributed by atoms with E-state index in [0.29, 0.717) is 0 Å². The third-order valence-corrected chi connectivity index (χ3v) is 4.30. The second-order valence-electron chi connectivity index (χ2n) is 5.99. The summed E-state index contributed by atoms with van der Waals surface area (Å²) in [6.07, 6.45) is 1.18. The Morgan fingerprint density at radius 1 is 1.25 bits per heavy atom. The van der Waals surface area contributed by atoms with Crippen molar-refractivity contribution < 1.29 is 18.3 Å². The Hall–Kier alpha value is -2.43. The van der Waals surface area contributed by atoms with E-state index in [4.69, 9.17) is 4.74 Å².